The first-order valence-corrected chi connectivity index (χ1v) is 10.9. The van der Waals surface area contributed by atoms with Crippen molar-refractivity contribution in [2.75, 3.05) is 51.6 Å². The van der Waals surface area contributed by atoms with Crippen LogP contribution in [0.3, 0.4) is 0 Å². The fourth-order valence-corrected chi connectivity index (χ4v) is 4.29. The second kappa shape index (κ2) is 10.5. The van der Waals surface area contributed by atoms with E-state index < -0.39 is 0 Å². The van der Waals surface area contributed by atoms with Crippen LogP contribution in [-0.2, 0) is 11.2 Å². The molecule has 0 saturated carbocycles. The summed E-state index contributed by atoms with van der Waals surface area (Å²) >= 11 is 1.73. The lowest BCUT2D eigenvalue weighted by Crippen LogP contribution is -2.35. The Bertz CT molecular complexity index is 831. The molecule has 7 heteroatoms. The summed E-state index contributed by atoms with van der Waals surface area (Å²) in [4.78, 5) is 21.4. The maximum Gasteiger partial charge on any atom is 0.228 e. The van der Waals surface area contributed by atoms with E-state index in [9.17, 15) is 4.79 Å². The molecule has 6 nitrogen and oxygen atoms in total. The Labute approximate surface area is 177 Å². The molecule has 29 heavy (non-hydrogen) atoms. The number of aromatic nitrogens is 1. The summed E-state index contributed by atoms with van der Waals surface area (Å²) in [6.45, 7) is 2.36. The van der Waals surface area contributed by atoms with Gasteiger partial charge in [-0.15, -0.1) is 11.8 Å². The van der Waals surface area contributed by atoms with E-state index in [1.165, 1.54) is 5.56 Å². The number of methoxy groups -OCH3 is 2. The minimum Gasteiger partial charge on any atom is -0.493 e. The van der Waals surface area contributed by atoms with E-state index in [1.54, 1.807) is 32.2 Å². The molecule has 0 spiro atoms. The van der Waals surface area contributed by atoms with Crippen LogP contribution in [0.1, 0.15) is 18.4 Å². The molecule has 1 aromatic heterocycles. The van der Waals surface area contributed by atoms with Gasteiger partial charge in [0.05, 0.1) is 19.9 Å². The van der Waals surface area contributed by atoms with Crippen LogP contribution < -0.4 is 14.4 Å². The quantitative estimate of drug-likeness (QED) is 0.658. The monoisotopic (exact) mass is 415 g/mol. The fourth-order valence-electron chi connectivity index (χ4n) is 3.36. The second-order valence-electron chi connectivity index (χ2n) is 7.07. The zero-order chi connectivity index (χ0) is 20.6. The number of amides is 1. The Morgan fingerprint density at radius 1 is 1.21 bits per heavy atom. The molecule has 3 rings (SSSR count). The van der Waals surface area contributed by atoms with Crippen LogP contribution in [0.15, 0.2) is 41.6 Å². The summed E-state index contributed by atoms with van der Waals surface area (Å²) in [5.74, 6) is 2.65. The van der Waals surface area contributed by atoms with Crippen molar-refractivity contribution in [3.05, 3.63) is 42.1 Å². The molecule has 0 N–H and O–H groups in total. The number of hydrogen-bond acceptors (Lipinski definition) is 6. The maximum absolute atomic E-state index is 12.9. The number of anilines is 1. The third-order valence-corrected chi connectivity index (χ3v) is 6.13. The number of hydrogen-bond donors (Lipinski definition) is 0. The highest BCUT2D eigenvalue weighted by atomic mass is 32.2. The van der Waals surface area contributed by atoms with Gasteiger partial charge in [-0.3, -0.25) is 4.79 Å². The van der Waals surface area contributed by atoms with Gasteiger partial charge in [0.15, 0.2) is 11.5 Å². The second-order valence-corrected chi connectivity index (χ2v) is 8.15. The smallest absolute Gasteiger partial charge is 0.228 e. The van der Waals surface area contributed by atoms with Crippen LogP contribution in [0.2, 0.25) is 0 Å². The molecule has 0 bridgehead atoms. The summed E-state index contributed by atoms with van der Waals surface area (Å²) in [7, 11) is 5.34. The summed E-state index contributed by atoms with van der Waals surface area (Å²) in [5.41, 5.74) is 2.14. The van der Waals surface area contributed by atoms with Crippen molar-refractivity contribution in [3.8, 4) is 11.5 Å². The van der Waals surface area contributed by atoms with Crippen LogP contribution in [0, 0.1) is 0 Å². The highest BCUT2D eigenvalue weighted by Gasteiger charge is 2.22. The molecule has 0 fully saturated rings. The number of carbonyl (C=O) groups is 1. The largest absolute Gasteiger partial charge is 0.493 e. The Kier molecular flexibility index (Phi) is 7.77. The zero-order valence-electron chi connectivity index (χ0n) is 17.4. The summed E-state index contributed by atoms with van der Waals surface area (Å²) in [6.07, 6.45) is 4.17. The highest BCUT2D eigenvalue weighted by molar-refractivity contribution is 7.99. The van der Waals surface area contributed by atoms with Gasteiger partial charge in [0, 0.05) is 38.0 Å². The van der Waals surface area contributed by atoms with Crippen molar-refractivity contribution in [2.45, 2.75) is 24.3 Å². The highest BCUT2D eigenvalue weighted by Crippen LogP contribution is 2.32. The van der Waals surface area contributed by atoms with Crippen LogP contribution in [0.5, 0.6) is 11.5 Å². The normalized spacial score (nSPS) is 13.7. The first-order valence-electron chi connectivity index (χ1n) is 9.90. The molecular weight excluding hydrogens is 386 g/mol. The van der Waals surface area contributed by atoms with Gasteiger partial charge in [-0.25, -0.2) is 4.98 Å². The molecular formula is C22H29N3O3S. The summed E-state index contributed by atoms with van der Waals surface area (Å²) in [6, 6.07) is 9.90. The van der Waals surface area contributed by atoms with Gasteiger partial charge >= 0.3 is 0 Å². The van der Waals surface area contributed by atoms with Gasteiger partial charge in [-0.1, -0.05) is 6.07 Å². The predicted octanol–water partition coefficient (Wildman–Crippen LogP) is 3.49. The molecule has 1 aromatic carbocycles. The summed E-state index contributed by atoms with van der Waals surface area (Å²) < 4.78 is 10.7. The van der Waals surface area contributed by atoms with Gasteiger partial charge in [-0.2, -0.15) is 0 Å². The molecule has 156 valence electrons. The third-order valence-electron chi connectivity index (χ3n) is 5.05. The molecule has 0 atom stereocenters. The van der Waals surface area contributed by atoms with E-state index in [2.05, 4.69) is 23.0 Å². The SMILES string of the molecule is COc1ccc(CCN(C)CCC(=O)N2CCCSc3ncccc32)cc1OC. The van der Waals surface area contributed by atoms with Crippen LogP contribution in [0.25, 0.3) is 0 Å². The van der Waals surface area contributed by atoms with Crippen molar-refractivity contribution in [3.63, 3.8) is 0 Å². The van der Waals surface area contributed by atoms with E-state index in [0.717, 1.165) is 60.4 Å². The Balaban J connectivity index is 1.52. The van der Waals surface area contributed by atoms with Crippen molar-refractivity contribution in [1.82, 2.24) is 9.88 Å². The van der Waals surface area contributed by atoms with Gasteiger partial charge < -0.3 is 19.3 Å². The average Bonchev–Trinajstić information content (AvgIpc) is 2.98. The predicted molar refractivity (Wildman–Crippen MR) is 117 cm³/mol. The zero-order valence-corrected chi connectivity index (χ0v) is 18.2. The van der Waals surface area contributed by atoms with E-state index in [4.69, 9.17) is 9.47 Å². The van der Waals surface area contributed by atoms with E-state index >= 15 is 0 Å². The number of ether oxygens (including phenoxy) is 2. The number of pyridine rings is 1. The molecule has 0 aliphatic carbocycles. The van der Waals surface area contributed by atoms with E-state index in [0.29, 0.717) is 6.42 Å². The van der Waals surface area contributed by atoms with Crippen molar-refractivity contribution < 1.29 is 14.3 Å². The molecule has 0 saturated heterocycles. The molecule has 2 heterocycles. The molecule has 0 unspecified atom stereocenters. The molecule has 1 amide bonds. The summed E-state index contributed by atoms with van der Waals surface area (Å²) in [5, 5.41) is 0.958. The first kappa shape index (κ1) is 21.5. The van der Waals surface area contributed by atoms with E-state index in [1.807, 2.05) is 29.2 Å². The number of rotatable bonds is 8. The average molecular weight is 416 g/mol. The number of thioether (sulfide) groups is 1. The number of benzene rings is 1. The maximum atomic E-state index is 12.9. The minimum atomic E-state index is 0.166. The molecule has 1 aliphatic heterocycles. The van der Waals surface area contributed by atoms with Gasteiger partial charge in [0.1, 0.15) is 5.03 Å². The van der Waals surface area contributed by atoms with Crippen molar-refractivity contribution in [2.24, 2.45) is 0 Å². The lowest BCUT2D eigenvalue weighted by Gasteiger charge is -2.23. The third kappa shape index (κ3) is 5.64. The fraction of sp³-hybridized carbons (Fsp3) is 0.455. The van der Waals surface area contributed by atoms with Crippen LogP contribution in [0.4, 0.5) is 5.69 Å². The van der Waals surface area contributed by atoms with Crippen molar-refractivity contribution >= 4 is 23.4 Å². The van der Waals surface area contributed by atoms with Crippen LogP contribution >= 0.6 is 11.8 Å². The molecule has 2 aromatic rings. The van der Waals surface area contributed by atoms with Gasteiger partial charge in [-0.05, 0) is 49.7 Å². The Morgan fingerprint density at radius 3 is 2.83 bits per heavy atom. The minimum absolute atomic E-state index is 0.166. The lowest BCUT2D eigenvalue weighted by atomic mass is 10.1. The molecule has 1 aliphatic rings. The first-order chi connectivity index (χ1) is 14.1. The Morgan fingerprint density at radius 2 is 2.03 bits per heavy atom. The number of fused-ring (bicyclic) bond motifs is 1. The standard InChI is InChI=1S/C22H29N3O3S/c1-24(13-9-17-7-8-19(27-2)20(16-17)28-3)14-10-21(26)25-12-5-15-29-22-18(25)6-4-11-23-22/h4,6-8,11,16H,5,9-10,12-15H2,1-3H3. The van der Waals surface area contributed by atoms with Crippen molar-refractivity contribution in [1.29, 1.82) is 0 Å². The number of nitrogens with zero attached hydrogens (tertiary/aromatic N) is 3. The van der Waals surface area contributed by atoms with Gasteiger partial charge in [0.25, 0.3) is 0 Å². The van der Waals surface area contributed by atoms with Crippen LogP contribution in [-0.4, -0.2) is 62.4 Å². The van der Waals surface area contributed by atoms with E-state index in [-0.39, 0.29) is 5.91 Å². The number of carbonyl (C=O) groups excluding carboxylic acids is 1. The lowest BCUT2D eigenvalue weighted by molar-refractivity contribution is -0.118. The number of likely N-dealkylation sites (N-methyl/N-ethyl adjacent to an activating group) is 1. The molecule has 0 radical (unpaired) electrons. The Hall–Kier alpha value is -2.25. The topological polar surface area (TPSA) is 54.9 Å². The van der Waals surface area contributed by atoms with Gasteiger partial charge in [0.2, 0.25) is 5.91 Å².